The molecule has 2 aromatic carbocycles. The van der Waals surface area contributed by atoms with E-state index in [0.29, 0.717) is 17.1 Å². The van der Waals surface area contributed by atoms with Crippen molar-refractivity contribution in [2.45, 2.75) is 19.6 Å². The van der Waals surface area contributed by atoms with Gasteiger partial charge >= 0.3 is 5.97 Å². The number of carbonyl (C=O) groups is 3. The first-order valence-corrected chi connectivity index (χ1v) is 11.3. The molecule has 1 aliphatic heterocycles. The number of ether oxygens (including phenoxy) is 3. The van der Waals surface area contributed by atoms with E-state index < -0.39 is 23.2 Å². The highest BCUT2D eigenvalue weighted by atomic mass is 79.9. The number of thioether (sulfide) groups is 1. The number of methoxy groups -OCH3 is 2. The maximum atomic E-state index is 12.7. The molecule has 1 saturated heterocycles. The minimum absolute atomic E-state index is 0.160. The molecule has 168 valence electrons. The van der Waals surface area contributed by atoms with Crippen molar-refractivity contribution >= 4 is 62.5 Å². The molecule has 0 spiro atoms. The summed E-state index contributed by atoms with van der Waals surface area (Å²) >= 11 is 10.5. The minimum Gasteiger partial charge on any atom is -0.493 e. The van der Waals surface area contributed by atoms with E-state index in [-0.39, 0.29) is 16.5 Å². The van der Waals surface area contributed by atoms with Gasteiger partial charge in [-0.2, -0.15) is 0 Å². The third-order valence-electron chi connectivity index (χ3n) is 4.60. The van der Waals surface area contributed by atoms with Crippen LogP contribution in [0.3, 0.4) is 0 Å². The molecular weight excluding hydrogens is 522 g/mol. The number of benzene rings is 2. The van der Waals surface area contributed by atoms with Crippen molar-refractivity contribution in [3.8, 4) is 11.5 Å². The molecule has 2 amide bonds. The van der Waals surface area contributed by atoms with Crippen LogP contribution >= 0.6 is 39.3 Å². The Bertz CT molecular complexity index is 1090. The fourth-order valence-corrected chi connectivity index (χ4v) is 4.39. The van der Waals surface area contributed by atoms with Crippen LogP contribution in [0.4, 0.5) is 4.79 Å². The van der Waals surface area contributed by atoms with Crippen molar-refractivity contribution in [1.29, 1.82) is 0 Å². The van der Waals surface area contributed by atoms with Crippen LogP contribution in [0.15, 0.2) is 45.8 Å². The van der Waals surface area contributed by atoms with Gasteiger partial charge in [0.1, 0.15) is 12.6 Å². The summed E-state index contributed by atoms with van der Waals surface area (Å²) in [5, 5.41) is -0.262. The summed E-state index contributed by atoms with van der Waals surface area (Å²) in [5.74, 6) is -0.515. The Morgan fingerprint density at radius 3 is 2.53 bits per heavy atom. The molecular formula is C22H19BrClNO6S. The molecule has 3 rings (SSSR count). The fourth-order valence-electron chi connectivity index (χ4n) is 2.94. The highest BCUT2D eigenvalue weighted by molar-refractivity contribution is 9.10. The van der Waals surface area contributed by atoms with Gasteiger partial charge in [-0.1, -0.05) is 39.7 Å². The summed E-state index contributed by atoms with van der Waals surface area (Å²) in [6.45, 7) is 1.72. The lowest BCUT2D eigenvalue weighted by Gasteiger charge is -2.18. The van der Waals surface area contributed by atoms with Gasteiger partial charge in [0.05, 0.1) is 24.1 Å². The van der Waals surface area contributed by atoms with Crippen molar-refractivity contribution in [2.75, 3.05) is 14.2 Å². The molecule has 7 nitrogen and oxygen atoms in total. The smallest absolute Gasteiger partial charge is 0.328 e. The molecule has 0 N–H and O–H groups in total. The number of hydrogen-bond donors (Lipinski definition) is 0. The normalized spacial score (nSPS) is 15.8. The number of hydrogen-bond acceptors (Lipinski definition) is 7. The van der Waals surface area contributed by atoms with Gasteiger partial charge in [-0.25, -0.2) is 4.79 Å². The van der Waals surface area contributed by atoms with E-state index in [9.17, 15) is 14.4 Å². The molecule has 0 aromatic heterocycles. The Morgan fingerprint density at radius 2 is 1.91 bits per heavy atom. The largest absolute Gasteiger partial charge is 0.493 e. The van der Waals surface area contributed by atoms with Crippen LogP contribution in [0.25, 0.3) is 6.08 Å². The van der Waals surface area contributed by atoms with Gasteiger partial charge in [0, 0.05) is 4.47 Å². The fraction of sp³-hybridized carbons (Fsp3) is 0.227. The molecule has 2 aromatic rings. The van der Waals surface area contributed by atoms with E-state index in [1.807, 2.05) is 24.3 Å². The second-order valence-electron chi connectivity index (χ2n) is 6.70. The predicted molar refractivity (Wildman–Crippen MR) is 126 cm³/mol. The number of nitrogens with zero attached hydrogens (tertiary/aromatic N) is 1. The lowest BCUT2D eigenvalue weighted by atomic mass is 10.1. The molecule has 1 heterocycles. The van der Waals surface area contributed by atoms with Gasteiger partial charge < -0.3 is 14.2 Å². The topological polar surface area (TPSA) is 82.1 Å². The zero-order chi connectivity index (χ0) is 23.4. The van der Waals surface area contributed by atoms with E-state index in [1.54, 1.807) is 12.1 Å². The average Bonchev–Trinajstić information content (AvgIpc) is 3.05. The Hall–Kier alpha value is -2.49. The third-order valence-corrected chi connectivity index (χ3v) is 6.29. The molecule has 0 radical (unpaired) electrons. The van der Waals surface area contributed by atoms with Crippen LogP contribution in [0.5, 0.6) is 11.5 Å². The lowest BCUT2D eigenvalue weighted by Crippen LogP contribution is -2.42. The van der Waals surface area contributed by atoms with Crippen LogP contribution in [0.1, 0.15) is 18.1 Å². The van der Waals surface area contributed by atoms with Crippen LogP contribution in [0, 0.1) is 0 Å². The van der Waals surface area contributed by atoms with Crippen molar-refractivity contribution in [1.82, 2.24) is 4.90 Å². The summed E-state index contributed by atoms with van der Waals surface area (Å²) in [4.78, 5) is 37.8. The highest BCUT2D eigenvalue weighted by Crippen LogP contribution is 2.39. The Labute approximate surface area is 202 Å². The standard InChI is InChI=1S/C22H19BrClNO6S/c1-12(21(27)30-3)25-20(26)18(32-22(25)28)10-14-8-16(24)19(17(9-14)29-2)31-11-13-4-6-15(23)7-5-13/h4-10,12H,11H2,1-3H3/b18-10+/t12-/m1/s1. The van der Waals surface area contributed by atoms with Crippen molar-refractivity contribution < 1.29 is 28.6 Å². The zero-order valence-electron chi connectivity index (χ0n) is 17.4. The number of imide groups is 1. The number of esters is 1. The zero-order valence-corrected chi connectivity index (χ0v) is 20.5. The summed E-state index contributed by atoms with van der Waals surface area (Å²) in [5.41, 5.74) is 1.49. The van der Waals surface area contributed by atoms with E-state index in [0.717, 1.165) is 26.7 Å². The van der Waals surface area contributed by atoms with Gasteiger partial charge in [-0.3, -0.25) is 14.5 Å². The first kappa shape index (κ1) is 24.2. The molecule has 0 aliphatic carbocycles. The third kappa shape index (κ3) is 5.28. The van der Waals surface area contributed by atoms with E-state index in [2.05, 4.69) is 20.7 Å². The maximum absolute atomic E-state index is 12.7. The average molecular weight is 541 g/mol. The Kier molecular flexibility index (Phi) is 7.86. The predicted octanol–water partition coefficient (Wildman–Crippen LogP) is 5.29. The number of carbonyl (C=O) groups excluding carboxylic acids is 3. The van der Waals surface area contributed by atoms with Crippen LogP contribution in [-0.2, 0) is 20.9 Å². The number of rotatable bonds is 7. The quantitative estimate of drug-likeness (QED) is 0.349. The summed E-state index contributed by atoms with van der Waals surface area (Å²) in [6, 6.07) is 9.91. The van der Waals surface area contributed by atoms with Crippen molar-refractivity contribution in [2.24, 2.45) is 0 Å². The van der Waals surface area contributed by atoms with E-state index in [4.69, 9.17) is 21.1 Å². The van der Waals surface area contributed by atoms with Gasteiger partial charge in [-0.15, -0.1) is 0 Å². The summed E-state index contributed by atoms with van der Waals surface area (Å²) < 4.78 is 16.9. The van der Waals surface area contributed by atoms with Crippen LogP contribution in [0.2, 0.25) is 5.02 Å². The highest BCUT2D eigenvalue weighted by Gasteiger charge is 2.41. The van der Waals surface area contributed by atoms with Crippen LogP contribution in [-0.4, -0.2) is 42.3 Å². The first-order chi connectivity index (χ1) is 15.2. The Balaban J connectivity index is 1.83. The molecule has 10 heteroatoms. The molecule has 1 fully saturated rings. The molecule has 0 saturated carbocycles. The molecule has 1 aliphatic rings. The number of amides is 2. The molecule has 0 unspecified atom stereocenters. The lowest BCUT2D eigenvalue weighted by molar-refractivity contribution is -0.148. The van der Waals surface area contributed by atoms with Gasteiger partial charge in [0.15, 0.2) is 11.5 Å². The molecule has 1 atom stereocenters. The minimum atomic E-state index is -1.02. The Morgan fingerprint density at radius 1 is 1.22 bits per heavy atom. The second kappa shape index (κ2) is 10.4. The monoisotopic (exact) mass is 539 g/mol. The maximum Gasteiger partial charge on any atom is 0.328 e. The van der Waals surface area contributed by atoms with Crippen LogP contribution < -0.4 is 9.47 Å². The summed E-state index contributed by atoms with van der Waals surface area (Å²) in [6.07, 6.45) is 1.52. The van der Waals surface area contributed by atoms with Crippen molar-refractivity contribution in [3.63, 3.8) is 0 Å². The van der Waals surface area contributed by atoms with E-state index >= 15 is 0 Å². The van der Waals surface area contributed by atoms with Gasteiger partial charge in [-0.05, 0) is 60.2 Å². The van der Waals surface area contributed by atoms with Gasteiger partial charge in [0.2, 0.25) is 0 Å². The summed E-state index contributed by atoms with van der Waals surface area (Å²) in [7, 11) is 2.68. The van der Waals surface area contributed by atoms with Crippen molar-refractivity contribution in [3.05, 3.63) is 61.9 Å². The van der Waals surface area contributed by atoms with E-state index in [1.165, 1.54) is 27.2 Å². The molecule has 0 bridgehead atoms. The number of halogens is 2. The second-order valence-corrected chi connectivity index (χ2v) is 9.02. The molecule has 32 heavy (non-hydrogen) atoms. The van der Waals surface area contributed by atoms with Gasteiger partial charge in [0.25, 0.3) is 11.1 Å². The first-order valence-electron chi connectivity index (χ1n) is 9.34. The SMILES string of the molecule is COC(=O)[C@@H](C)N1C(=O)S/C(=C/c2cc(Cl)c(OCc3ccc(Br)cc3)c(OC)c2)C1=O.